The fourth-order valence-corrected chi connectivity index (χ4v) is 2.22. The van der Waals surface area contributed by atoms with Gasteiger partial charge in [0.2, 0.25) is 0 Å². The molecule has 0 bridgehead atoms. The van der Waals surface area contributed by atoms with Gasteiger partial charge in [-0.15, -0.1) is 0 Å². The fourth-order valence-electron chi connectivity index (χ4n) is 2.22. The molecule has 0 aliphatic carbocycles. The number of benzene rings is 2. The zero-order valence-electron chi connectivity index (χ0n) is 11.9. The summed E-state index contributed by atoms with van der Waals surface area (Å²) in [6, 6.07) is 13.2. The van der Waals surface area contributed by atoms with Gasteiger partial charge in [-0.3, -0.25) is 4.79 Å². The van der Waals surface area contributed by atoms with Crippen LogP contribution in [0.4, 0.5) is 4.39 Å². The van der Waals surface area contributed by atoms with Crippen molar-refractivity contribution in [3.05, 3.63) is 70.9 Å². The summed E-state index contributed by atoms with van der Waals surface area (Å²) in [7, 11) is 0. The number of aromatic nitrogens is 2. The quantitative estimate of drug-likeness (QED) is 0.680. The smallest absolute Gasteiger partial charge is 0.274 e. The lowest BCUT2D eigenvalue weighted by Gasteiger charge is -2.08. The lowest BCUT2D eigenvalue weighted by molar-refractivity contribution is 0.297. The van der Waals surface area contributed by atoms with E-state index in [1.54, 1.807) is 24.4 Å². The Balaban J connectivity index is 1.61. The summed E-state index contributed by atoms with van der Waals surface area (Å²) in [4.78, 5) is 12.2. The van der Waals surface area contributed by atoms with Crippen molar-refractivity contribution in [3.8, 4) is 5.75 Å². The van der Waals surface area contributed by atoms with Crippen LogP contribution in [0.1, 0.15) is 6.42 Å². The molecular formula is C17H15FN2O2. The lowest BCUT2D eigenvalue weighted by Crippen LogP contribution is -2.23. The van der Waals surface area contributed by atoms with Gasteiger partial charge in [-0.1, -0.05) is 18.2 Å². The first-order chi connectivity index (χ1) is 10.7. The van der Waals surface area contributed by atoms with E-state index in [0.29, 0.717) is 30.7 Å². The number of nitrogens with zero attached hydrogens (tertiary/aromatic N) is 2. The molecule has 0 fully saturated rings. The van der Waals surface area contributed by atoms with Crippen molar-refractivity contribution in [1.29, 1.82) is 0 Å². The average Bonchev–Trinajstić information content (AvgIpc) is 2.55. The fraction of sp³-hybridized carbons (Fsp3) is 0.176. The average molecular weight is 298 g/mol. The first kappa shape index (κ1) is 14.3. The normalized spacial score (nSPS) is 10.8. The molecule has 3 rings (SSSR count). The number of aryl methyl sites for hydroxylation is 1. The molecule has 0 atom stereocenters. The zero-order valence-corrected chi connectivity index (χ0v) is 11.9. The van der Waals surface area contributed by atoms with Crippen LogP contribution < -0.4 is 10.3 Å². The van der Waals surface area contributed by atoms with Crippen LogP contribution in [0.2, 0.25) is 0 Å². The molecule has 0 N–H and O–H groups in total. The molecule has 22 heavy (non-hydrogen) atoms. The number of rotatable bonds is 5. The summed E-state index contributed by atoms with van der Waals surface area (Å²) >= 11 is 0. The maximum absolute atomic E-state index is 12.8. The van der Waals surface area contributed by atoms with E-state index in [9.17, 15) is 9.18 Å². The van der Waals surface area contributed by atoms with Gasteiger partial charge in [-0.25, -0.2) is 9.07 Å². The summed E-state index contributed by atoms with van der Waals surface area (Å²) < 4.78 is 19.7. The second kappa shape index (κ2) is 6.39. The van der Waals surface area contributed by atoms with Gasteiger partial charge >= 0.3 is 0 Å². The topological polar surface area (TPSA) is 44.1 Å². The molecule has 0 amide bonds. The largest absolute Gasteiger partial charge is 0.494 e. The first-order valence-electron chi connectivity index (χ1n) is 7.07. The third kappa shape index (κ3) is 3.14. The SMILES string of the molecule is O=c1c2ccccc2cnn1CCCOc1ccc(F)cc1. The van der Waals surface area contributed by atoms with Crippen molar-refractivity contribution in [3.63, 3.8) is 0 Å². The summed E-state index contributed by atoms with van der Waals surface area (Å²) in [5.41, 5.74) is -0.0973. The van der Waals surface area contributed by atoms with Crippen molar-refractivity contribution in [1.82, 2.24) is 9.78 Å². The van der Waals surface area contributed by atoms with Crippen molar-refractivity contribution >= 4 is 10.8 Å². The van der Waals surface area contributed by atoms with Crippen molar-refractivity contribution in [2.75, 3.05) is 6.61 Å². The third-order valence-corrected chi connectivity index (χ3v) is 3.36. The Morgan fingerprint density at radius 2 is 1.86 bits per heavy atom. The predicted octanol–water partition coefficient (Wildman–Crippen LogP) is 3.00. The van der Waals surface area contributed by atoms with E-state index >= 15 is 0 Å². The van der Waals surface area contributed by atoms with Gasteiger partial charge < -0.3 is 4.74 Å². The Kier molecular flexibility index (Phi) is 4.14. The minimum atomic E-state index is -0.292. The molecular weight excluding hydrogens is 283 g/mol. The molecule has 2 aromatic carbocycles. The van der Waals surface area contributed by atoms with Crippen LogP contribution in [0.15, 0.2) is 59.5 Å². The van der Waals surface area contributed by atoms with E-state index in [1.165, 1.54) is 16.8 Å². The maximum Gasteiger partial charge on any atom is 0.274 e. The molecule has 0 saturated heterocycles. The number of hydrogen-bond acceptors (Lipinski definition) is 3. The van der Waals surface area contributed by atoms with E-state index < -0.39 is 0 Å². The number of halogens is 1. The highest BCUT2D eigenvalue weighted by Gasteiger charge is 2.03. The summed E-state index contributed by atoms with van der Waals surface area (Å²) in [5, 5.41) is 5.66. The summed E-state index contributed by atoms with van der Waals surface area (Å²) in [5.74, 6) is 0.319. The van der Waals surface area contributed by atoms with Crippen LogP contribution in [0, 0.1) is 5.82 Å². The molecule has 0 aliphatic rings. The van der Waals surface area contributed by atoms with Gasteiger partial charge in [0.1, 0.15) is 11.6 Å². The van der Waals surface area contributed by atoms with Crippen molar-refractivity contribution in [2.24, 2.45) is 0 Å². The minimum Gasteiger partial charge on any atom is -0.494 e. The Morgan fingerprint density at radius 3 is 2.68 bits per heavy atom. The second-order valence-corrected chi connectivity index (χ2v) is 4.92. The molecule has 1 aromatic heterocycles. The molecule has 1 heterocycles. The standard InChI is InChI=1S/C17H15FN2O2/c18-14-6-8-15(9-7-14)22-11-3-10-20-17(21)16-5-2-1-4-13(16)12-19-20/h1-2,4-9,12H,3,10-11H2. The highest BCUT2D eigenvalue weighted by molar-refractivity contribution is 5.80. The van der Waals surface area contributed by atoms with Gasteiger partial charge in [0, 0.05) is 18.4 Å². The number of ether oxygens (including phenoxy) is 1. The van der Waals surface area contributed by atoms with Gasteiger partial charge in [0.15, 0.2) is 0 Å². The Labute approximate surface area is 126 Å². The Morgan fingerprint density at radius 1 is 1.09 bits per heavy atom. The van der Waals surface area contributed by atoms with Gasteiger partial charge in [0.05, 0.1) is 18.2 Å². The second-order valence-electron chi connectivity index (χ2n) is 4.92. The van der Waals surface area contributed by atoms with Crippen LogP contribution in [0.5, 0.6) is 5.75 Å². The van der Waals surface area contributed by atoms with Crippen LogP contribution in [0.3, 0.4) is 0 Å². The molecule has 0 spiro atoms. The van der Waals surface area contributed by atoms with E-state index in [1.807, 2.05) is 18.2 Å². The van der Waals surface area contributed by atoms with Crippen LogP contribution in [-0.4, -0.2) is 16.4 Å². The monoisotopic (exact) mass is 298 g/mol. The van der Waals surface area contributed by atoms with Gasteiger partial charge in [-0.2, -0.15) is 5.10 Å². The Bertz CT molecular complexity index is 828. The van der Waals surface area contributed by atoms with E-state index in [0.717, 1.165) is 5.39 Å². The molecule has 5 heteroatoms. The molecule has 0 aliphatic heterocycles. The highest BCUT2D eigenvalue weighted by Crippen LogP contribution is 2.11. The lowest BCUT2D eigenvalue weighted by atomic mass is 10.2. The van der Waals surface area contributed by atoms with Crippen LogP contribution >= 0.6 is 0 Å². The number of fused-ring (bicyclic) bond motifs is 1. The summed E-state index contributed by atoms with van der Waals surface area (Å²) in [6.45, 7) is 0.914. The summed E-state index contributed by atoms with van der Waals surface area (Å²) in [6.07, 6.45) is 2.33. The zero-order chi connectivity index (χ0) is 15.4. The molecule has 0 saturated carbocycles. The van der Waals surface area contributed by atoms with Crippen molar-refractivity contribution < 1.29 is 9.13 Å². The molecule has 0 unspecified atom stereocenters. The van der Waals surface area contributed by atoms with Crippen LogP contribution in [-0.2, 0) is 6.54 Å². The van der Waals surface area contributed by atoms with E-state index in [2.05, 4.69) is 5.10 Å². The number of hydrogen-bond donors (Lipinski definition) is 0. The van der Waals surface area contributed by atoms with Crippen LogP contribution in [0.25, 0.3) is 10.8 Å². The first-order valence-corrected chi connectivity index (χ1v) is 7.07. The van der Waals surface area contributed by atoms with E-state index in [4.69, 9.17) is 4.74 Å². The maximum atomic E-state index is 12.8. The molecule has 3 aromatic rings. The molecule has 0 radical (unpaired) electrons. The van der Waals surface area contributed by atoms with Gasteiger partial charge in [0.25, 0.3) is 5.56 Å². The van der Waals surface area contributed by atoms with Gasteiger partial charge in [-0.05, 0) is 30.3 Å². The predicted molar refractivity (Wildman–Crippen MR) is 82.5 cm³/mol. The Hall–Kier alpha value is -2.69. The van der Waals surface area contributed by atoms with Crippen molar-refractivity contribution in [2.45, 2.75) is 13.0 Å². The highest BCUT2D eigenvalue weighted by atomic mass is 19.1. The molecule has 4 nitrogen and oxygen atoms in total. The minimum absolute atomic E-state index is 0.0973. The molecule has 112 valence electrons. The third-order valence-electron chi connectivity index (χ3n) is 3.36. The van der Waals surface area contributed by atoms with E-state index in [-0.39, 0.29) is 11.4 Å².